The summed E-state index contributed by atoms with van der Waals surface area (Å²) in [5.41, 5.74) is 0.924. The highest BCUT2D eigenvalue weighted by atomic mass is 32.2. The number of alkyl halides is 2. The van der Waals surface area contributed by atoms with Gasteiger partial charge in [-0.05, 0) is 24.7 Å². The molecule has 1 rings (SSSR count). The fourth-order valence-corrected chi connectivity index (χ4v) is 2.60. The van der Waals surface area contributed by atoms with E-state index < -0.39 is 23.0 Å². The summed E-state index contributed by atoms with van der Waals surface area (Å²) in [6, 6.07) is 6.15. The Balaban J connectivity index is 2.91. The first-order chi connectivity index (χ1) is 8.37. The van der Waals surface area contributed by atoms with Crippen LogP contribution in [0.5, 0.6) is 0 Å². The molecule has 0 amide bonds. The zero-order valence-electron chi connectivity index (χ0n) is 10.2. The molecule has 0 radical (unpaired) electrons. The van der Waals surface area contributed by atoms with Gasteiger partial charge in [0, 0.05) is 13.6 Å². The van der Waals surface area contributed by atoms with Gasteiger partial charge >= 0.3 is 0 Å². The van der Waals surface area contributed by atoms with Crippen LogP contribution < -0.4 is 5.32 Å². The molecule has 0 aliphatic carbocycles. The van der Waals surface area contributed by atoms with Crippen LogP contribution in [-0.2, 0) is 16.6 Å². The molecule has 4 nitrogen and oxygen atoms in total. The number of hydrogen-bond acceptors (Lipinski definition) is 3. The van der Waals surface area contributed by atoms with Crippen LogP contribution in [0.1, 0.15) is 5.56 Å². The van der Waals surface area contributed by atoms with E-state index in [0.29, 0.717) is 10.8 Å². The van der Waals surface area contributed by atoms with E-state index in [0.717, 1.165) is 12.6 Å². The summed E-state index contributed by atoms with van der Waals surface area (Å²) in [5, 5.41) is 2.93. The van der Waals surface area contributed by atoms with Gasteiger partial charge in [-0.2, -0.15) is 4.31 Å². The smallest absolute Gasteiger partial charge is 0.252 e. The molecular weight excluding hydrogens is 262 g/mol. The third-order valence-corrected chi connectivity index (χ3v) is 4.25. The van der Waals surface area contributed by atoms with Crippen molar-refractivity contribution < 1.29 is 17.2 Å². The number of sulfonamides is 1. The number of nitrogens with zero attached hydrogens (tertiary/aromatic N) is 1. The highest BCUT2D eigenvalue weighted by molar-refractivity contribution is 7.89. The molecule has 1 N–H and O–H groups in total. The number of halogens is 2. The van der Waals surface area contributed by atoms with Crippen molar-refractivity contribution in [2.24, 2.45) is 0 Å². The SMILES string of the molecule is CNCc1ccc(S(=O)(=O)N(C)CC(F)F)cc1. The predicted molar refractivity (Wildman–Crippen MR) is 65.0 cm³/mol. The van der Waals surface area contributed by atoms with Crippen LogP contribution in [0.3, 0.4) is 0 Å². The zero-order valence-corrected chi connectivity index (χ0v) is 11.0. The van der Waals surface area contributed by atoms with Gasteiger partial charge < -0.3 is 5.32 Å². The molecule has 0 fully saturated rings. The summed E-state index contributed by atoms with van der Waals surface area (Å²) < 4.78 is 48.8. The summed E-state index contributed by atoms with van der Waals surface area (Å²) in [5.74, 6) is 0. The van der Waals surface area contributed by atoms with Crippen LogP contribution in [0.4, 0.5) is 8.78 Å². The third-order valence-electron chi connectivity index (χ3n) is 2.41. The lowest BCUT2D eigenvalue weighted by Crippen LogP contribution is -2.31. The molecule has 1 aromatic rings. The maximum Gasteiger partial charge on any atom is 0.252 e. The minimum absolute atomic E-state index is 0.0190. The van der Waals surface area contributed by atoms with Crippen molar-refractivity contribution in [1.82, 2.24) is 9.62 Å². The summed E-state index contributed by atoms with van der Waals surface area (Å²) in [4.78, 5) is 0.0190. The molecule has 0 unspecified atom stereocenters. The molecule has 0 spiro atoms. The lowest BCUT2D eigenvalue weighted by Gasteiger charge is -2.16. The Morgan fingerprint density at radius 2 is 1.83 bits per heavy atom. The van der Waals surface area contributed by atoms with Crippen molar-refractivity contribution in [3.8, 4) is 0 Å². The lowest BCUT2D eigenvalue weighted by atomic mass is 10.2. The second-order valence-electron chi connectivity index (χ2n) is 3.85. The van der Waals surface area contributed by atoms with E-state index in [1.807, 2.05) is 0 Å². The second-order valence-corrected chi connectivity index (χ2v) is 5.90. The molecule has 0 atom stereocenters. The van der Waals surface area contributed by atoms with Gasteiger partial charge in [0.15, 0.2) is 0 Å². The summed E-state index contributed by atoms with van der Waals surface area (Å²) in [6.45, 7) is -0.187. The van der Waals surface area contributed by atoms with Crippen LogP contribution in [0.25, 0.3) is 0 Å². The Bertz CT molecular complexity index is 474. The number of rotatable bonds is 6. The molecule has 18 heavy (non-hydrogen) atoms. The lowest BCUT2D eigenvalue weighted by molar-refractivity contribution is 0.126. The van der Waals surface area contributed by atoms with Crippen molar-refractivity contribution in [1.29, 1.82) is 0 Å². The fourth-order valence-electron chi connectivity index (χ4n) is 1.46. The van der Waals surface area contributed by atoms with Gasteiger partial charge in [0.1, 0.15) is 0 Å². The average Bonchev–Trinajstić information content (AvgIpc) is 2.29. The Labute approximate surface area is 106 Å². The summed E-state index contributed by atoms with van der Waals surface area (Å²) in [7, 11) is -0.912. The standard InChI is InChI=1S/C11H16F2N2O2S/c1-14-7-9-3-5-10(6-4-9)18(16,17)15(2)8-11(12)13/h3-6,11,14H,7-8H2,1-2H3. The van der Waals surface area contributed by atoms with Crippen molar-refractivity contribution in [3.63, 3.8) is 0 Å². The van der Waals surface area contributed by atoms with E-state index in [1.165, 1.54) is 12.1 Å². The van der Waals surface area contributed by atoms with Crippen molar-refractivity contribution >= 4 is 10.0 Å². The quantitative estimate of drug-likeness (QED) is 0.853. The minimum atomic E-state index is -3.83. The van der Waals surface area contributed by atoms with E-state index in [1.54, 1.807) is 19.2 Å². The Morgan fingerprint density at radius 3 is 2.28 bits per heavy atom. The van der Waals surface area contributed by atoms with Crippen LogP contribution in [0.15, 0.2) is 29.2 Å². The van der Waals surface area contributed by atoms with E-state index >= 15 is 0 Å². The van der Waals surface area contributed by atoms with Crippen LogP contribution in [-0.4, -0.2) is 39.8 Å². The normalized spacial score (nSPS) is 12.3. The number of benzene rings is 1. The molecule has 0 heterocycles. The van der Waals surface area contributed by atoms with E-state index in [-0.39, 0.29) is 4.90 Å². The van der Waals surface area contributed by atoms with E-state index in [9.17, 15) is 17.2 Å². The van der Waals surface area contributed by atoms with Crippen LogP contribution in [0, 0.1) is 0 Å². The Kier molecular flexibility index (Phi) is 5.18. The zero-order chi connectivity index (χ0) is 13.8. The van der Waals surface area contributed by atoms with E-state index in [4.69, 9.17) is 0 Å². The molecule has 0 saturated heterocycles. The first-order valence-corrected chi connectivity index (χ1v) is 6.80. The number of nitrogens with one attached hydrogen (secondary N) is 1. The molecule has 0 bridgehead atoms. The summed E-state index contributed by atoms with van der Waals surface area (Å²) in [6.07, 6.45) is -2.69. The molecule has 102 valence electrons. The van der Waals surface area contributed by atoms with Crippen LogP contribution >= 0.6 is 0 Å². The predicted octanol–water partition coefficient (Wildman–Crippen LogP) is 1.29. The Hall–Kier alpha value is -1.05. The minimum Gasteiger partial charge on any atom is -0.316 e. The fraction of sp³-hybridized carbons (Fsp3) is 0.455. The van der Waals surface area contributed by atoms with Gasteiger partial charge in [-0.15, -0.1) is 0 Å². The van der Waals surface area contributed by atoms with Gasteiger partial charge in [0.05, 0.1) is 11.4 Å². The molecule has 7 heteroatoms. The topological polar surface area (TPSA) is 49.4 Å². The highest BCUT2D eigenvalue weighted by Crippen LogP contribution is 2.16. The first-order valence-electron chi connectivity index (χ1n) is 5.36. The summed E-state index contributed by atoms with van der Waals surface area (Å²) >= 11 is 0. The third kappa shape index (κ3) is 3.72. The van der Waals surface area contributed by atoms with Crippen molar-refractivity contribution in [2.45, 2.75) is 17.9 Å². The molecule has 0 aliphatic heterocycles. The van der Waals surface area contributed by atoms with Gasteiger partial charge in [-0.25, -0.2) is 17.2 Å². The second kappa shape index (κ2) is 6.21. The maximum atomic E-state index is 12.2. The van der Waals surface area contributed by atoms with E-state index in [2.05, 4.69) is 5.32 Å². The van der Waals surface area contributed by atoms with Crippen molar-refractivity contribution in [3.05, 3.63) is 29.8 Å². The highest BCUT2D eigenvalue weighted by Gasteiger charge is 2.23. The number of hydrogen-bond donors (Lipinski definition) is 1. The molecule has 0 aliphatic rings. The van der Waals surface area contributed by atoms with Gasteiger partial charge in [-0.3, -0.25) is 0 Å². The average molecular weight is 278 g/mol. The van der Waals surface area contributed by atoms with Crippen LogP contribution in [0.2, 0.25) is 0 Å². The largest absolute Gasteiger partial charge is 0.316 e. The monoisotopic (exact) mass is 278 g/mol. The molecule has 0 saturated carbocycles. The molecule has 1 aromatic carbocycles. The van der Waals surface area contributed by atoms with Gasteiger partial charge in [-0.1, -0.05) is 12.1 Å². The maximum absolute atomic E-state index is 12.2. The molecule has 0 aromatic heterocycles. The molecular formula is C11H16F2N2O2S. The van der Waals surface area contributed by atoms with Gasteiger partial charge in [0.2, 0.25) is 10.0 Å². The van der Waals surface area contributed by atoms with Crippen molar-refractivity contribution in [2.75, 3.05) is 20.6 Å². The Morgan fingerprint density at radius 1 is 1.28 bits per heavy atom. The first kappa shape index (κ1) is 15.0. The van der Waals surface area contributed by atoms with Gasteiger partial charge in [0.25, 0.3) is 6.43 Å².